The van der Waals surface area contributed by atoms with Crippen molar-refractivity contribution in [3.05, 3.63) is 35.4 Å². The molecular weight excluding hydrogens is 224 g/mol. The van der Waals surface area contributed by atoms with E-state index < -0.39 is 0 Å². The zero-order valence-electron chi connectivity index (χ0n) is 11.6. The number of nitrogens with one attached hydrogen (secondary N) is 1. The highest BCUT2D eigenvalue weighted by Gasteiger charge is 2.11. The van der Waals surface area contributed by atoms with Gasteiger partial charge in [-0.15, -0.1) is 0 Å². The first-order valence-corrected chi connectivity index (χ1v) is 6.62. The van der Waals surface area contributed by atoms with Gasteiger partial charge in [0.15, 0.2) is 0 Å². The van der Waals surface area contributed by atoms with Crippen LogP contribution in [0, 0.1) is 6.92 Å². The van der Waals surface area contributed by atoms with Crippen molar-refractivity contribution < 1.29 is 4.79 Å². The zero-order valence-corrected chi connectivity index (χ0v) is 11.6. The van der Waals surface area contributed by atoms with Crippen molar-refractivity contribution in [1.29, 1.82) is 0 Å². The molecule has 18 heavy (non-hydrogen) atoms. The molecule has 3 heteroatoms. The predicted molar refractivity (Wildman–Crippen MR) is 75.4 cm³/mol. The first kappa shape index (κ1) is 14.7. The van der Waals surface area contributed by atoms with Gasteiger partial charge in [-0.1, -0.05) is 31.2 Å². The van der Waals surface area contributed by atoms with Crippen molar-refractivity contribution in [2.24, 2.45) is 5.73 Å². The lowest BCUT2D eigenvalue weighted by molar-refractivity contribution is -0.122. The standard InChI is InChI=1S/C15H24N2O/c1-4-14(16)10-15(18)17-12(3)9-13-8-6-5-7-11(13)2/h5-8,12,14H,4,9-10,16H2,1-3H3,(H,17,18). The Kier molecular flexibility index (Phi) is 5.86. The Morgan fingerprint density at radius 1 is 1.39 bits per heavy atom. The van der Waals surface area contributed by atoms with E-state index in [0.717, 1.165) is 12.8 Å². The van der Waals surface area contributed by atoms with Crippen LogP contribution in [-0.4, -0.2) is 18.0 Å². The molecule has 0 bridgehead atoms. The number of benzene rings is 1. The topological polar surface area (TPSA) is 55.1 Å². The number of amides is 1. The largest absolute Gasteiger partial charge is 0.353 e. The molecule has 3 nitrogen and oxygen atoms in total. The molecule has 0 aliphatic heterocycles. The van der Waals surface area contributed by atoms with Crippen LogP contribution in [-0.2, 0) is 11.2 Å². The Labute approximate surface area is 110 Å². The van der Waals surface area contributed by atoms with Gasteiger partial charge in [0.1, 0.15) is 0 Å². The first-order valence-electron chi connectivity index (χ1n) is 6.62. The molecule has 2 atom stereocenters. The second kappa shape index (κ2) is 7.17. The predicted octanol–water partition coefficient (Wildman–Crippen LogP) is 2.17. The minimum Gasteiger partial charge on any atom is -0.353 e. The number of carbonyl (C=O) groups is 1. The summed E-state index contributed by atoms with van der Waals surface area (Å²) in [4.78, 5) is 11.7. The third-order valence-corrected chi connectivity index (χ3v) is 3.17. The van der Waals surface area contributed by atoms with E-state index in [1.165, 1.54) is 11.1 Å². The lowest BCUT2D eigenvalue weighted by Crippen LogP contribution is -2.37. The van der Waals surface area contributed by atoms with Crippen molar-refractivity contribution in [3.8, 4) is 0 Å². The number of hydrogen-bond acceptors (Lipinski definition) is 2. The van der Waals surface area contributed by atoms with Crippen molar-refractivity contribution in [3.63, 3.8) is 0 Å². The lowest BCUT2D eigenvalue weighted by atomic mass is 10.0. The number of nitrogens with two attached hydrogens (primary N) is 1. The summed E-state index contributed by atoms with van der Waals surface area (Å²) in [7, 11) is 0. The van der Waals surface area contributed by atoms with E-state index in [1.807, 2.05) is 26.0 Å². The van der Waals surface area contributed by atoms with Crippen LogP contribution in [0.3, 0.4) is 0 Å². The molecule has 0 aliphatic rings. The molecule has 0 spiro atoms. The number of rotatable bonds is 6. The van der Waals surface area contributed by atoms with E-state index >= 15 is 0 Å². The monoisotopic (exact) mass is 248 g/mol. The van der Waals surface area contributed by atoms with Gasteiger partial charge >= 0.3 is 0 Å². The Bertz CT molecular complexity index is 390. The van der Waals surface area contributed by atoms with Crippen LogP contribution >= 0.6 is 0 Å². The molecule has 0 saturated carbocycles. The molecule has 1 aromatic rings. The van der Waals surface area contributed by atoms with Crippen molar-refractivity contribution in [2.75, 3.05) is 0 Å². The van der Waals surface area contributed by atoms with Crippen LogP contribution in [0.15, 0.2) is 24.3 Å². The van der Waals surface area contributed by atoms with E-state index in [1.54, 1.807) is 0 Å². The van der Waals surface area contributed by atoms with Crippen LogP contribution in [0.25, 0.3) is 0 Å². The summed E-state index contributed by atoms with van der Waals surface area (Å²) >= 11 is 0. The van der Waals surface area contributed by atoms with Gasteiger partial charge in [0, 0.05) is 18.5 Å². The molecule has 1 amide bonds. The zero-order chi connectivity index (χ0) is 13.5. The summed E-state index contributed by atoms with van der Waals surface area (Å²) in [5.41, 5.74) is 8.32. The molecule has 0 saturated heterocycles. The number of carbonyl (C=O) groups excluding carboxylic acids is 1. The maximum Gasteiger partial charge on any atom is 0.221 e. The van der Waals surface area contributed by atoms with Gasteiger partial charge in [0.2, 0.25) is 5.91 Å². The molecule has 1 aromatic carbocycles. The summed E-state index contributed by atoms with van der Waals surface area (Å²) in [5, 5.41) is 3.00. The van der Waals surface area contributed by atoms with Crippen LogP contribution in [0.4, 0.5) is 0 Å². The van der Waals surface area contributed by atoms with E-state index in [9.17, 15) is 4.79 Å². The molecular formula is C15H24N2O. The molecule has 3 N–H and O–H groups in total. The van der Waals surface area contributed by atoms with Gasteiger partial charge in [-0.2, -0.15) is 0 Å². The Morgan fingerprint density at radius 3 is 2.67 bits per heavy atom. The number of hydrogen-bond donors (Lipinski definition) is 2. The summed E-state index contributed by atoms with van der Waals surface area (Å²) in [6.45, 7) is 6.12. The van der Waals surface area contributed by atoms with Gasteiger partial charge in [-0.3, -0.25) is 4.79 Å². The lowest BCUT2D eigenvalue weighted by Gasteiger charge is -2.16. The third-order valence-electron chi connectivity index (χ3n) is 3.17. The fraction of sp³-hybridized carbons (Fsp3) is 0.533. The molecule has 0 radical (unpaired) electrons. The van der Waals surface area contributed by atoms with Crippen molar-refractivity contribution >= 4 is 5.91 Å². The highest BCUT2D eigenvalue weighted by Crippen LogP contribution is 2.09. The Balaban J connectivity index is 2.44. The molecule has 0 aromatic heterocycles. The van der Waals surface area contributed by atoms with Gasteiger partial charge in [-0.25, -0.2) is 0 Å². The maximum absolute atomic E-state index is 11.7. The number of aryl methyl sites for hydroxylation is 1. The van der Waals surface area contributed by atoms with Gasteiger partial charge in [-0.05, 0) is 37.8 Å². The SMILES string of the molecule is CCC(N)CC(=O)NC(C)Cc1ccccc1C. The van der Waals surface area contributed by atoms with Gasteiger partial charge in [0.05, 0.1) is 0 Å². The molecule has 0 aliphatic carbocycles. The van der Waals surface area contributed by atoms with E-state index in [2.05, 4.69) is 24.4 Å². The van der Waals surface area contributed by atoms with Crippen LogP contribution in [0.2, 0.25) is 0 Å². The quantitative estimate of drug-likeness (QED) is 0.810. The summed E-state index contributed by atoms with van der Waals surface area (Å²) in [5.74, 6) is 0.0467. The fourth-order valence-electron chi connectivity index (χ4n) is 1.94. The highest BCUT2D eigenvalue weighted by atomic mass is 16.1. The average Bonchev–Trinajstić information content (AvgIpc) is 2.31. The average molecular weight is 248 g/mol. The summed E-state index contributed by atoms with van der Waals surface area (Å²) in [6.07, 6.45) is 2.11. The summed E-state index contributed by atoms with van der Waals surface area (Å²) in [6, 6.07) is 8.37. The van der Waals surface area contributed by atoms with Gasteiger partial charge < -0.3 is 11.1 Å². The van der Waals surface area contributed by atoms with Crippen LogP contribution < -0.4 is 11.1 Å². The normalized spacial score (nSPS) is 14.0. The molecule has 100 valence electrons. The van der Waals surface area contributed by atoms with E-state index in [4.69, 9.17) is 5.73 Å². The third kappa shape index (κ3) is 4.88. The van der Waals surface area contributed by atoms with Crippen molar-refractivity contribution in [1.82, 2.24) is 5.32 Å². The Hall–Kier alpha value is -1.35. The second-order valence-electron chi connectivity index (χ2n) is 4.97. The van der Waals surface area contributed by atoms with Crippen LogP contribution in [0.5, 0.6) is 0 Å². The molecule has 0 heterocycles. The molecule has 2 unspecified atom stereocenters. The molecule has 0 fully saturated rings. The maximum atomic E-state index is 11.7. The van der Waals surface area contributed by atoms with Crippen molar-refractivity contribution in [2.45, 2.75) is 52.1 Å². The fourth-order valence-corrected chi connectivity index (χ4v) is 1.94. The molecule has 1 rings (SSSR count). The van der Waals surface area contributed by atoms with E-state index in [0.29, 0.717) is 6.42 Å². The summed E-state index contributed by atoms with van der Waals surface area (Å²) < 4.78 is 0. The minimum absolute atomic E-state index is 0.0318. The minimum atomic E-state index is -0.0318. The van der Waals surface area contributed by atoms with Crippen LogP contribution in [0.1, 0.15) is 37.8 Å². The smallest absolute Gasteiger partial charge is 0.221 e. The second-order valence-corrected chi connectivity index (χ2v) is 4.97. The highest BCUT2D eigenvalue weighted by molar-refractivity contribution is 5.76. The Morgan fingerprint density at radius 2 is 2.06 bits per heavy atom. The first-order chi connectivity index (χ1) is 8.52. The van der Waals surface area contributed by atoms with E-state index in [-0.39, 0.29) is 18.0 Å². The van der Waals surface area contributed by atoms with Gasteiger partial charge in [0.25, 0.3) is 0 Å².